The molecule has 0 spiro atoms. The number of aryl methyl sites for hydroxylation is 2. The number of ketones is 1. The second kappa shape index (κ2) is 11.6. The van der Waals surface area contributed by atoms with Gasteiger partial charge in [0.25, 0.3) is 5.91 Å². The molecule has 1 aliphatic rings. The Morgan fingerprint density at radius 2 is 1.88 bits per heavy atom. The number of amides is 1. The third-order valence-corrected chi connectivity index (χ3v) is 8.64. The molecule has 220 valence electrons. The molecule has 1 atom stereocenters. The fourth-order valence-corrected chi connectivity index (χ4v) is 6.71. The lowest BCUT2D eigenvalue weighted by atomic mass is 9.95. The molecule has 8 nitrogen and oxygen atoms in total. The van der Waals surface area contributed by atoms with E-state index in [1.807, 2.05) is 44.2 Å². The van der Waals surface area contributed by atoms with Gasteiger partial charge in [-0.1, -0.05) is 61.4 Å². The SMILES string of the molecule is CCCCCOc1ccc(C2C(C(=O)c3cc4ccccc4o3)=C(O)C(=O)N2c2nc3c(C)cc(C)cc3s2)cc1OC. The number of aromatic nitrogens is 1. The number of fused-ring (bicyclic) bond motifs is 2. The molecular weight excluding hydrogens is 564 g/mol. The lowest BCUT2D eigenvalue weighted by Gasteiger charge is -2.25. The molecule has 1 N–H and O–H groups in total. The number of ether oxygens (including phenoxy) is 2. The smallest absolute Gasteiger partial charge is 0.296 e. The first kappa shape index (κ1) is 28.5. The zero-order valence-electron chi connectivity index (χ0n) is 24.5. The van der Waals surface area contributed by atoms with Crippen molar-refractivity contribution < 1.29 is 28.6 Å². The van der Waals surface area contributed by atoms with E-state index in [0.29, 0.717) is 34.4 Å². The van der Waals surface area contributed by atoms with E-state index >= 15 is 0 Å². The van der Waals surface area contributed by atoms with Crippen molar-refractivity contribution in [2.75, 3.05) is 18.6 Å². The number of Topliss-reactive ketones (excluding diaryl/α,β-unsaturated/α-hetero) is 1. The zero-order valence-corrected chi connectivity index (χ0v) is 25.3. The predicted molar refractivity (Wildman–Crippen MR) is 168 cm³/mol. The van der Waals surface area contributed by atoms with Crippen LogP contribution in [-0.2, 0) is 4.79 Å². The number of hydrogen-bond acceptors (Lipinski definition) is 8. The van der Waals surface area contributed by atoms with Gasteiger partial charge in [0, 0.05) is 5.39 Å². The van der Waals surface area contributed by atoms with E-state index < -0.39 is 23.5 Å². The van der Waals surface area contributed by atoms with Gasteiger partial charge in [-0.15, -0.1) is 0 Å². The van der Waals surface area contributed by atoms with E-state index in [1.54, 1.807) is 37.4 Å². The first-order valence-electron chi connectivity index (χ1n) is 14.3. The number of hydrogen-bond donors (Lipinski definition) is 1. The van der Waals surface area contributed by atoms with Crippen LogP contribution in [0.3, 0.4) is 0 Å². The fourth-order valence-electron chi connectivity index (χ4n) is 5.55. The highest BCUT2D eigenvalue weighted by atomic mass is 32.1. The lowest BCUT2D eigenvalue weighted by molar-refractivity contribution is -0.117. The minimum atomic E-state index is -0.988. The topological polar surface area (TPSA) is 102 Å². The first-order chi connectivity index (χ1) is 20.8. The van der Waals surface area contributed by atoms with E-state index in [1.165, 1.54) is 16.2 Å². The minimum Gasteiger partial charge on any atom is -0.503 e. The highest BCUT2D eigenvalue weighted by Crippen LogP contribution is 2.46. The average molecular weight is 597 g/mol. The molecule has 1 amide bonds. The maximum atomic E-state index is 14.1. The summed E-state index contributed by atoms with van der Waals surface area (Å²) in [6, 6.07) is 17.2. The molecule has 1 aliphatic heterocycles. The number of carbonyl (C=O) groups excluding carboxylic acids is 2. The van der Waals surface area contributed by atoms with Gasteiger partial charge < -0.3 is 19.0 Å². The van der Waals surface area contributed by atoms with E-state index in [0.717, 1.165) is 46.0 Å². The van der Waals surface area contributed by atoms with Crippen LogP contribution in [0.1, 0.15) is 59.5 Å². The van der Waals surface area contributed by atoms with Crippen molar-refractivity contribution in [3.05, 3.63) is 94.4 Å². The summed E-state index contributed by atoms with van der Waals surface area (Å²) in [5.74, 6) is -0.887. The summed E-state index contributed by atoms with van der Waals surface area (Å²) in [5, 5.41) is 12.4. The van der Waals surface area contributed by atoms with Gasteiger partial charge in [-0.2, -0.15) is 0 Å². The Bertz CT molecular complexity index is 1870. The van der Waals surface area contributed by atoms with Crippen molar-refractivity contribution in [2.45, 2.75) is 46.1 Å². The van der Waals surface area contributed by atoms with Crippen LogP contribution in [0.15, 0.2) is 76.4 Å². The lowest BCUT2D eigenvalue weighted by Crippen LogP contribution is -2.31. The minimum absolute atomic E-state index is 0.0287. The molecule has 2 aromatic heterocycles. The summed E-state index contributed by atoms with van der Waals surface area (Å²) in [4.78, 5) is 34.1. The Morgan fingerprint density at radius 3 is 2.65 bits per heavy atom. The number of para-hydroxylation sites is 1. The summed E-state index contributed by atoms with van der Waals surface area (Å²) in [6.07, 6.45) is 3.04. The summed E-state index contributed by atoms with van der Waals surface area (Å²) in [5.41, 5.74) is 3.82. The number of unbranched alkanes of at least 4 members (excludes halogenated alkanes) is 2. The quantitative estimate of drug-likeness (QED) is 0.129. The molecule has 0 radical (unpaired) electrons. The Balaban J connectivity index is 1.47. The Labute approximate surface area is 253 Å². The summed E-state index contributed by atoms with van der Waals surface area (Å²) >= 11 is 1.33. The summed E-state index contributed by atoms with van der Waals surface area (Å²) < 4.78 is 18.4. The van der Waals surface area contributed by atoms with E-state index in [2.05, 4.69) is 6.92 Å². The molecule has 0 bridgehead atoms. The maximum absolute atomic E-state index is 14.1. The van der Waals surface area contributed by atoms with Crippen molar-refractivity contribution in [2.24, 2.45) is 0 Å². The molecule has 5 aromatic rings. The van der Waals surface area contributed by atoms with Crippen LogP contribution in [-0.4, -0.2) is 35.5 Å². The van der Waals surface area contributed by atoms with Gasteiger partial charge >= 0.3 is 0 Å². The van der Waals surface area contributed by atoms with Crippen LogP contribution in [0.2, 0.25) is 0 Å². The second-order valence-corrected chi connectivity index (χ2v) is 11.7. The van der Waals surface area contributed by atoms with E-state index in [4.69, 9.17) is 18.9 Å². The number of benzene rings is 3. The highest BCUT2D eigenvalue weighted by molar-refractivity contribution is 7.22. The summed E-state index contributed by atoms with van der Waals surface area (Å²) in [7, 11) is 1.54. The number of anilines is 1. The molecule has 0 aliphatic carbocycles. The normalized spacial score (nSPS) is 15.2. The van der Waals surface area contributed by atoms with Crippen molar-refractivity contribution in [3.63, 3.8) is 0 Å². The molecule has 0 fully saturated rings. The predicted octanol–water partition coefficient (Wildman–Crippen LogP) is 8.02. The number of carbonyl (C=O) groups is 2. The summed E-state index contributed by atoms with van der Waals surface area (Å²) in [6.45, 7) is 6.65. The zero-order chi connectivity index (χ0) is 30.2. The van der Waals surface area contributed by atoms with E-state index in [-0.39, 0.29) is 11.3 Å². The van der Waals surface area contributed by atoms with Crippen molar-refractivity contribution in [3.8, 4) is 11.5 Å². The van der Waals surface area contributed by atoms with Gasteiger partial charge in [-0.3, -0.25) is 14.5 Å². The Morgan fingerprint density at radius 1 is 1.07 bits per heavy atom. The number of aliphatic hydroxyl groups excluding tert-OH is 1. The van der Waals surface area contributed by atoms with Crippen LogP contribution in [0.4, 0.5) is 5.13 Å². The number of rotatable bonds is 10. The number of methoxy groups -OCH3 is 1. The molecule has 0 saturated carbocycles. The van der Waals surface area contributed by atoms with E-state index in [9.17, 15) is 14.7 Å². The third-order valence-electron chi connectivity index (χ3n) is 7.64. The molecule has 9 heteroatoms. The second-order valence-electron chi connectivity index (χ2n) is 10.7. The maximum Gasteiger partial charge on any atom is 0.296 e. The van der Waals surface area contributed by atoms with Gasteiger partial charge in [-0.05, 0) is 67.3 Å². The number of aliphatic hydroxyl groups is 1. The average Bonchev–Trinajstić information content (AvgIpc) is 3.69. The third kappa shape index (κ3) is 5.14. The molecule has 3 heterocycles. The number of nitrogens with zero attached hydrogens (tertiary/aromatic N) is 2. The van der Waals surface area contributed by atoms with Crippen LogP contribution in [0.25, 0.3) is 21.2 Å². The number of furan rings is 1. The van der Waals surface area contributed by atoms with Crippen LogP contribution in [0.5, 0.6) is 11.5 Å². The Kier molecular flexibility index (Phi) is 7.66. The highest BCUT2D eigenvalue weighted by Gasteiger charge is 2.47. The van der Waals surface area contributed by atoms with Gasteiger partial charge in [0.2, 0.25) is 5.78 Å². The van der Waals surface area contributed by atoms with Crippen molar-refractivity contribution >= 4 is 49.3 Å². The van der Waals surface area contributed by atoms with Gasteiger partial charge in [0.15, 0.2) is 28.1 Å². The fraction of sp³-hybridized carbons (Fsp3) is 0.265. The standard InChI is InChI=1S/C34H32N2O6S/c1-5-6-9-14-41-24-13-12-22(18-25(24)40-4)30-28(31(37)26-17-21-10-7-8-11-23(21)42-26)32(38)33(39)36(30)34-35-29-20(3)15-19(2)16-27(29)43-34/h7-8,10-13,15-18,30,38H,5-6,9,14H2,1-4H3. The van der Waals surface area contributed by atoms with Gasteiger partial charge in [0.05, 0.1) is 35.5 Å². The van der Waals surface area contributed by atoms with Crippen molar-refractivity contribution in [1.29, 1.82) is 0 Å². The monoisotopic (exact) mass is 596 g/mol. The molecular formula is C34H32N2O6S. The molecule has 43 heavy (non-hydrogen) atoms. The largest absolute Gasteiger partial charge is 0.503 e. The first-order valence-corrected chi connectivity index (χ1v) is 15.1. The molecule has 0 saturated heterocycles. The van der Waals surface area contributed by atoms with Crippen LogP contribution in [0, 0.1) is 13.8 Å². The van der Waals surface area contributed by atoms with Gasteiger partial charge in [0.1, 0.15) is 5.58 Å². The number of thiazole rings is 1. The molecule has 1 unspecified atom stereocenters. The van der Waals surface area contributed by atoms with Crippen molar-refractivity contribution in [1.82, 2.24) is 4.98 Å². The Hall–Kier alpha value is -4.63. The van der Waals surface area contributed by atoms with Gasteiger partial charge in [-0.25, -0.2) is 4.98 Å². The van der Waals surface area contributed by atoms with Crippen LogP contribution >= 0.6 is 11.3 Å². The molecule has 6 rings (SSSR count). The van der Waals surface area contributed by atoms with Crippen LogP contribution < -0.4 is 14.4 Å². The molecule has 3 aromatic carbocycles.